The van der Waals surface area contributed by atoms with Gasteiger partial charge in [0.1, 0.15) is 5.54 Å². The third-order valence-corrected chi connectivity index (χ3v) is 9.29. The van der Waals surface area contributed by atoms with Gasteiger partial charge in [0.25, 0.3) is 5.91 Å². The van der Waals surface area contributed by atoms with E-state index in [4.69, 9.17) is 21.6 Å². The number of rotatable bonds is 8. The fraction of sp³-hybridized carbons (Fsp3) is 0.0732. The van der Waals surface area contributed by atoms with E-state index in [1.807, 2.05) is 73.7 Å². The quantitative estimate of drug-likeness (QED) is 0.160. The van der Waals surface area contributed by atoms with Gasteiger partial charge in [0.15, 0.2) is 0 Å². The number of halogens is 1. The van der Waals surface area contributed by atoms with Gasteiger partial charge in [0, 0.05) is 28.4 Å². The molecule has 2 N–H and O–H groups in total. The normalized spacial score (nSPS) is 12.3. The van der Waals surface area contributed by atoms with E-state index >= 15 is 0 Å². The zero-order valence-electron chi connectivity index (χ0n) is 26.6. The number of imidazole rings is 1. The second-order valence-corrected chi connectivity index (χ2v) is 12.5. The van der Waals surface area contributed by atoms with Gasteiger partial charge in [-0.15, -0.1) is 0 Å². The lowest BCUT2D eigenvalue weighted by Crippen LogP contribution is -2.38. The van der Waals surface area contributed by atoms with Crippen molar-refractivity contribution in [3.05, 3.63) is 185 Å². The average molecular weight is 659 g/mol. The van der Waals surface area contributed by atoms with Crippen LogP contribution in [0.3, 0.4) is 0 Å². The number of nitrogens with one attached hydrogen (secondary N) is 2. The fourth-order valence-corrected chi connectivity index (χ4v) is 6.96. The van der Waals surface area contributed by atoms with Crippen LogP contribution in [0, 0.1) is 0 Å². The molecular formula is C41H31ClN6O. The zero-order chi connectivity index (χ0) is 33.4. The Morgan fingerprint density at radius 1 is 0.735 bits per heavy atom. The summed E-state index contributed by atoms with van der Waals surface area (Å²) in [5.74, 6) is -0.248. The monoisotopic (exact) mass is 658 g/mol. The van der Waals surface area contributed by atoms with Gasteiger partial charge in [-0.1, -0.05) is 115 Å². The number of hydrogen-bond acceptors (Lipinski definition) is 4. The maximum Gasteiger partial charge on any atom is 0.289 e. The standard InChI is InChI=1S/C41H31ClN6O/c1-27(29-12-11-19-33(42)24-29)44-40(49)39-45-35-25-34-37(26-36(35)46-39)48(47-38(34)28-20-22-43-23-21-28)41(30-13-5-2-6-14-30,31-15-7-3-8-16-31)32-17-9-4-10-18-32/h2-27,47H,1H3,(H,44,49). The predicted octanol–water partition coefficient (Wildman–Crippen LogP) is 8.96. The molecule has 0 aliphatic rings. The van der Waals surface area contributed by atoms with Crippen LogP contribution in [0.4, 0.5) is 0 Å². The van der Waals surface area contributed by atoms with Gasteiger partial charge in [-0.25, -0.2) is 9.97 Å². The van der Waals surface area contributed by atoms with E-state index in [1.165, 1.54) is 0 Å². The predicted molar refractivity (Wildman–Crippen MR) is 195 cm³/mol. The molecule has 0 saturated carbocycles. The SMILES string of the molecule is CC(NC(=O)c1nc2cc3c(-c4ccncc4)[nH]n(C(c4ccccc4)(c4ccccc4)c4ccccc4)c3cc2n1)c1cccc(Cl)c1. The lowest BCUT2D eigenvalue weighted by molar-refractivity contribution is 0.0930. The molecule has 0 bridgehead atoms. The number of hydrogen-bond donors (Lipinski definition) is 2. The Hall–Kier alpha value is -6.05. The Balaban J connectivity index is 1.37. The van der Waals surface area contributed by atoms with Crippen LogP contribution in [0.5, 0.6) is 0 Å². The molecule has 238 valence electrons. The first kappa shape index (κ1) is 30.3. The lowest BCUT2D eigenvalue weighted by Gasteiger charge is -2.37. The first-order valence-corrected chi connectivity index (χ1v) is 16.5. The number of nitrogens with zero attached hydrogens (tertiary/aromatic N) is 4. The first-order valence-electron chi connectivity index (χ1n) is 16.1. The van der Waals surface area contributed by atoms with E-state index in [-0.39, 0.29) is 17.8 Å². The Labute approximate surface area is 288 Å². The summed E-state index contributed by atoms with van der Waals surface area (Å²) >= 11 is 6.21. The minimum atomic E-state index is -0.812. The minimum Gasteiger partial charge on any atom is -0.343 e. The average Bonchev–Trinajstić information content (AvgIpc) is 3.74. The van der Waals surface area contributed by atoms with Gasteiger partial charge in [-0.2, -0.15) is 0 Å². The highest BCUT2D eigenvalue weighted by Gasteiger charge is 2.40. The van der Waals surface area contributed by atoms with Crippen molar-refractivity contribution in [2.75, 3.05) is 0 Å². The van der Waals surface area contributed by atoms with E-state index < -0.39 is 5.54 Å². The summed E-state index contributed by atoms with van der Waals surface area (Å²) < 4.78 is 2.23. The van der Waals surface area contributed by atoms with Gasteiger partial charge in [-0.05, 0) is 65.6 Å². The highest BCUT2D eigenvalue weighted by Crippen LogP contribution is 2.44. The summed E-state index contributed by atoms with van der Waals surface area (Å²) in [5, 5.41) is 8.42. The van der Waals surface area contributed by atoms with Crippen LogP contribution in [0.2, 0.25) is 5.02 Å². The van der Waals surface area contributed by atoms with Gasteiger partial charge >= 0.3 is 0 Å². The van der Waals surface area contributed by atoms with Crippen molar-refractivity contribution in [3.63, 3.8) is 0 Å². The minimum absolute atomic E-state index is 0.109. The van der Waals surface area contributed by atoms with Gasteiger partial charge in [-0.3, -0.25) is 19.6 Å². The smallest absolute Gasteiger partial charge is 0.289 e. The number of aromatic nitrogens is 5. The Bertz CT molecular complexity index is 2310. The number of H-pyrrole nitrogens is 1. The molecule has 1 amide bonds. The number of carbonyl (C=O) groups is 1. The molecule has 0 aliphatic carbocycles. The van der Waals surface area contributed by atoms with Crippen molar-refractivity contribution < 1.29 is 4.79 Å². The summed E-state index contributed by atoms with van der Waals surface area (Å²) in [4.78, 5) is 27.3. The fourth-order valence-electron chi connectivity index (χ4n) is 6.77. The third kappa shape index (κ3) is 5.34. The number of aromatic amines is 1. The number of pyridine rings is 1. The van der Waals surface area contributed by atoms with Gasteiger partial charge in [0.2, 0.25) is 5.82 Å². The van der Waals surface area contributed by atoms with Crippen molar-refractivity contribution in [1.29, 1.82) is 0 Å². The number of benzene rings is 5. The summed E-state index contributed by atoms with van der Waals surface area (Å²) in [6.45, 7) is 1.91. The Morgan fingerprint density at radius 2 is 1.31 bits per heavy atom. The molecule has 7 nitrogen and oxygen atoms in total. The molecule has 3 heterocycles. The summed E-state index contributed by atoms with van der Waals surface area (Å²) in [7, 11) is 0. The molecule has 3 aromatic heterocycles. The summed E-state index contributed by atoms with van der Waals surface area (Å²) in [6.07, 6.45) is 3.57. The van der Waals surface area contributed by atoms with Crippen molar-refractivity contribution >= 4 is 39.4 Å². The Morgan fingerprint density at radius 3 is 1.88 bits per heavy atom. The molecule has 0 aliphatic heterocycles. The van der Waals surface area contributed by atoms with Gasteiger partial charge < -0.3 is 5.32 Å². The van der Waals surface area contributed by atoms with Crippen molar-refractivity contribution in [2.45, 2.75) is 18.5 Å². The highest BCUT2D eigenvalue weighted by atomic mass is 35.5. The second kappa shape index (κ2) is 12.5. The second-order valence-electron chi connectivity index (χ2n) is 12.0. The van der Waals surface area contributed by atoms with Crippen LogP contribution in [0.15, 0.2) is 152 Å². The molecule has 1 atom stereocenters. The van der Waals surface area contributed by atoms with Crippen LogP contribution in [0.25, 0.3) is 33.2 Å². The van der Waals surface area contributed by atoms with E-state index in [1.54, 1.807) is 12.4 Å². The van der Waals surface area contributed by atoms with Crippen LogP contribution < -0.4 is 5.32 Å². The van der Waals surface area contributed by atoms with E-state index in [9.17, 15) is 4.79 Å². The van der Waals surface area contributed by atoms with Crippen LogP contribution in [-0.4, -0.2) is 30.6 Å². The van der Waals surface area contributed by atoms with Crippen molar-refractivity contribution in [3.8, 4) is 11.3 Å². The lowest BCUT2D eigenvalue weighted by atomic mass is 9.77. The maximum atomic E-state index is 13.5. The molecule has 8 rings (SSSR count). The van der Waals surface area contributed by atoms with Crippen molar-refractivity contribution in [1.82, 2.24) is 30.0 Å². The number of amides is 1. The molecule has 0 radical (unpaired) electrons. The molecule has 5 aromatic carbocycles. The molecule has 8 aromatic rings. The molecule has 49 heavy (non-hydrogen) atoms. The van der Waals surface area contributed by atoms with Crippen molar-refractivity contribution in [2.24, 2.45) is 0 Å². The zero-order valence-corrected chi connectivity index (χ0v) is 27.3. The maximum absolute atomic E-state index is 13.5. The number of fused-ring (bicyclic) bond motifs is 2. The Kier molecular flexibility index (Phi) is 7.74. The molecule has 0 saturated heterocycles. The van der Waals surface area contributed by atoms with Crippen LogP contribution >= 0.6 is 11.6 Å². The largest absolute Gasteiger partial charge is 0.343 e. The topological polar surface area (TPSA) is 88.5 Å². The first-order chi connectivity index (χ1) is 24.0. The molecule has 8 heteroatoms. The molecule has 0 spiro atoms. The van der Waals surface area contributed by atoms with E-state index in [0.717, 1.165) is 44.4 Å². The number of carbonyl (C=O) groups excluding carboxylic acids is 1. The van der Waals surface area contributed by atoms with Gasteiger partial charge in [0.05, 0.1) is 28.3 Å². The van der Waals surface area contributed by atoms with E-state index in [2.05, 4.69) is 92.9 Å². The van der Waals surface area contributed by atoms with Crippen LogP contribution in [0.1, 0.15) is 45.8 Å². The molecule has 0 fully saturated rings. The molecular weight excluding hydrogens is 628 g/mol. The third-order valence-electron chi connectivity index (χ3n) is 9.06. The summed E-state index contributed by atoms with van der Waals surface area (Å²) in [5.41, 5.74) is 7.31. The van der Waals surface area contributed by atoms with Crippen LogP contribution in [-0.2, 0) is 5.54 Å². The highest BCUT2D eigenvalue weighted by molar-refractivity contribution is 6.30. The van der Waals surface area contributed by atoms with E-state index in [0.29, 0.717) is 16.1 Å². The molecule has 1 unspecified atom stereocenters. The summed E-state index contributed by atoms with van der Waals surface area (Å²) in [6, 6.07) is 46.7.